The van der Waals surface area contributed by atoms with Crippen LogP contribution in [0.15, 0.2) is 23.8 Å². The topological polar surface area (TPSA) is 83.8 Å². The summed E-state index contributed by atoms with van der Waals surface area (Å²) in [6.45, 7) is 3.24. The van der Waals surface area contributed by atoms with E-state index >= 15 is 0 Å². The number of fused-ring (bicyclic) bond motifs is 1. The Hall–Kier alpha value is -2.37. The first-order valence-corrected chi connectivity index (χ1v) is 5.90. The molecule has 1 heterocycles. The van der Waals surface area contributed by atoms with Gasteiger partial charge in [-0.05, 0) is 26.0 Å². The van der Waals surface area contributed by atoms with Crippen LogP contribution >= 0.6 is 0 Å². The third-order valence-corrected chi connectivity index (χ3v) is 2.98. The van der Waals surface area contributed by atoms with Crippen molar-refractivity contribution in [3.05, 3.63) is 35.2 Å². The maximum atomic E-state index is 13.3. The van der Waals surface area contributed by atoms with Gasteiger partial charge in [0.15, 0.2) is 0 Å². The predicted molar refractivity (Wildman–Crippen MR) is 67.9 cm³/mol. The van der Waals surface area contributed by atoms with Gasteiger partial charge in [-0.3, -0.25) is 0 Å². The summed E-state index contributed by atoms with van der Waals surface area (Å²) >= 11 is 0. The second-order valence-electron chi connectivity index (χ2n) is 5.14. The van der Waals surface area contributed by atoms with Crippen LogP contribution in [0.2, 0.25) is 0 Å². The van der Waals surface area contributed by atoms with E-state index in [2.05, 4.69) is 0 Å². The maximum absolute atomic E-state index is 13.3. The van der Waals surface area contributed by atoms with Crippen LogP contribution in [0.4, 0.5) is 4.39 Å². The van der Waals surface area contributed by atoms with E-state index in [0.29, 0.717) is 0 Å². The van der Waals surface area contributed by atoms with Gasteiger partial charge in [0, 0.05) is 18.1 Å². The van der Waals surface area contributed by atoms with Crippen molar-refractivity contribution in [2.75, 3.05) is 0 Å². The largest absolute Gasteiger partial charge is 0.487 e. The summed E-state index contributed by atoms with van der Waals surface area (Å²) < 4.78 is 18.9. The van der Waals surface area contributed by atoms with E-state index in [1.54, 1.807) is 13.8 Å². The van der Waals surface area contributed by atoms with Gasteiger partial charge in [0.05, 0.1) is 11.1 Å². The molecule has 0 unspecified atom stereocenters. The monoisotopic (exact) mass is 280 g/mol. The number of benzene rings is 1. The van der Waals surface area contributed by atoms with Gasteiger partial charge < -0.3 is 14.9 Å². The van der Waals surface area contributed by atoms with E-state index < -0.39 is 23.4 Å². The molecule has 106 valence electrons. The quantitative estimate of drug-likeness (QED) is 0.868. The van der Waals surface area contributed by atoms with Crippen LogP contribution in [-0.2, 0) is 9.59 Å². The van der Waals surface area contributed by atoms with E-state index in [1.807, 2.05) is 0 Å². The van der Waals surface area contributed by atoms with Gasteiger partial charge >= 0.3 is 11.9 Å². The highest BCUT2D eigenvalue weighted by Crippen LogP contribution is 2.38. The van der Waals surface area contributed by atoms with E-state index in [9.17, 15) is 24.2 Å². The Bertz CT molecular complexity index is 630. The fourth-order valence-electron chi connectivity index (χ4n) is 2.22. The Kier molecular flexibility index (Phi) is 3.25. The first kappa shape index (κ1) is 14.0. The molecule has 0 amide bonds. The minimum atomic E-state index is -1.38. The average Bonchev–Trinajstić information content (AvgIpc) is 2.40. The van der Waals surface area contributed by atoms with Crippen molar-refractivity contribution < 1.29 is 28.9 Å². The Morgan fingerprint density at radius 1 is 1.25 bits per heavy atom. The molecule has 0 atom stereocenters. The molecular formula is C14H13FO5. The van der Waals surface area contributed by atoms with E-state index in [0.717, 1.165) is 12.1 Å². The molecule has 6 heteroatoms. The molecule has 0 fully saturated rings. The molecular weight excluding hydrogens is 267 g/mol. The van der Waals surface area contributed by atoms with Crippen LogP contribution in [-0.4, -0.2) is 27.8 Å². The summed E-state index contributed by atoms with van der Waals surface area (Å²) in [5, 5.41) is 18.5. The molecule has 0 saturated heterocycles. The number of carbonyl (C=O) groups is 2. The molecule has 0 radical (unpaired) electrons. The summed E-state index contributed by atoms with van der Waals surface area (Å²) in [5.74, 6) is -3.25. The van der Waals surface area contributed by atoms with Crippen LogP contribution in [0.3, 0.4) is 0 Å². The number of aliphatic carboxylic acids is 2. The lowest BCUT2D eigenvalue weighted by atomic mass is 9.93. The molecule has 1 aromatic carbocycles. The third-order valence-electron chi connectivity index (χ3n) is 2.98. The Labute approximate surface area is 114 Å². The highest BCUT2D eigenvalue weighted by molar-refractivity contribution is 6.22. The van der Waals surface area contributed by atoms with Gasteiger partial charge in [0.1, 0.15) is 17.2 Å². The normalized spacial score (nSPS) is 16.9. The minimum Gasteiger partial charge on any atom is -0.487 e. The lowest BCUT2D eigenvalue weighted by Crippen LogP contribution is -2.29. The number of hydrogen-bond acceptors (Lipinski definition) is 3. The number of carboxylic acid groups (broad SMARTS) is 2. The molecule has 1 aliphatic rings. The zero-order chi connectivity index (χ0) is 15.1. The second kappa shape index (κ2) is 4.63. The maximum Gasteiger partial charge on any atom is 0.336 e. The second-order valence-corrected chi connectivity index (χ2v) is 5.14. The average molecular weight is 280 g/mol. The standard InChI is InChI=1S/C14H13FO5/c1-14(2)6-9(12(16)17)11(13(18)19)8-4-3-7(15)5-10(8)20-14/h3-5H,6H2,1-2H3,(H,16,17)(H,18,19). The molecule has 5 nitrogen and oxygen atoms in total. The molecule has 1 aromatic rings. The molecule has 0 aromatic heterocycles. The number of halogens is 1. The van der Waals surface area contributed by atoms with E-state index in [-0.39, 0.29) is 28.9 Å². The lowest BCUT2D eigenvalue weighted by Gasteiger charge is -2.25. The van der Waals surface area contributed by atoms with Crippen molar-refractivity contribution >= 4 is 17.5 Å². The number of ether oxygens (including phenoxy) is 1. The minimum absolute atomic E-state index is 0.0312. The lowest BCUT2D eigenvalue weighted by molar-refractivity contribution is -0.134. The molecule has 2 N–H and O–H groups in total. The highest BCUT2D eigenvalue weighted by Gasteiger charge is 2.35. The fraction of sp³-hybridized carbons (Fsp3) is 0.286. The van der Waals surface area contributed by atoms with Gasteiger partial charge in [-0.1, -0.05) is 0 Å². The van der Waals surface area contributed by atoms with Crippen LogP contribution < -0.4 is 4.74 Å². The van der Waals surface area contributed by atoms with Crippen LogP contribution in [0.1, 0.15) is 25.8 Å². The summed E-state index contributed by atoms with van der Waals surface area (Å²) in [6.07, 6.45) is -0.0970. The van der Waals surface area contributed by atoms with Crippen molar-refractivity contribution in [1.82, 2.24) is 0 Å². The van der Waals surface area contributed by atoms with Gasteiger partial charge in [0.2, 0.25) is 0 Å². The fourth-order valence-corrected chi connectivity index (χ4v) is 2.22. The summed E-state index contributed by atoms with van der Waals surface area (Å²) in [7, 11) is 0. The molecule has 20 heavy (non-hydrogen) atoms. The summed E-state index contributed by atoms with van der Waals surface area (Å²) in [4.78, 5) is 22.7. The van der Waals surface area contributed by atoms with Crippen molar-refractivity contribution in [3.8, 4) is 5.75 Å². The van der Waals surface area contributed by atoms with Crippen molar-refractivity contribution in [2.45, 2.75) is 25.9 Å². The Morgan fingerprint density at radius 2 is 1.90 bits per heavy atom. The van der Waals surface area contributed by atoms with Gasteiger partial charge in [-0.2, -0.15) is 0 Å². The van der Waals surface area contributed by atoms with Crippen LogP contribution in [0.5, 0.6) is 5.75 Å². The molecule has 1 aliphatic heterocycles. The first-order valence-electron chi connectivity index (χ1n) is 5.90. The van der Waals surface area contributed by atoms with E-state index in [1.165, 1.54) is 6.07 Å². The molecule has 0 aliphatic carbocycles. The zero-order valence-corrected chi connectivity index (χ0v) is 10.9. The SMILES string of the molecule is CC1(C)CC(C(=O)O)=C(C(=O)O)c2ccc(F)cc2O1. The number of carboxylic acids is 2. The van der Waals surface area contributed by atoms with Crippen molar-refractivity contribution in [3.63, 3.8) is 0 Å². The molecule has 0 saturated carbocycles. The Balaban J connectivity index is 2.79. The van der Waals surface area contributed by atoms with Gasteiger partial charge in [0.25, 0.3) is 0 Å². The number of rotatable bonds is 2. The van der Waals surface area contributed by atoms with Crippen molar-refractivity contribution in [1.29, 1.82) is 0 Å². The number of hydrogen-bond donors (Lipinski definition) is 2. The van der Waals surface area contributed by atoms with Crippen LogP contribution in [0, 0.1) is 5.82 Å². The zero-order valence-electron chi connectivity index (χ0n) is 10.9. The first-order chi connectivity index (χ1) is 9.21. The van der Waals surface area contributed by atoms with Gasteiger partial charge in [-0.15, -0.1) is 0 Å². The smallest absolute Gasteiger partial charge is 0.336 e. The van der Waals surface area contributed by atoms with E-state index in [4.69, 9.17) is 4.74 Å². The van der Waals surface area contributed by atoms with Crippen molar-refractivity contribution in [2.24, 2.45) is 0 Å². The molecule has 2 rings (SSSR count). The predicted octanol–water partition coefficient (Wildman–Crippen LogP) is 2.31. The third kappa shape index (κ3) is 2.49. The van der Waals surface area contributed by atoms with Crippen LogP contribution in [0.25, 0.3) is 5.57 Å². The summed E-state index contributed by atoms with van der Waals surface area (Å²) in [5.41, 5.74) is -1.50. The Morgan fingerprint density at radius 3 is 2.45 bits per heavy atom. The molecule has 0 bridgehead atoms. The summed E-state index contributed by atoms with van der Waals surface area (Å²) in [6, 6.07) is 3.35. The highest BCUT2D eigenvalue weighted by atomic mass is 19.1. The van der Waals surface area contributed by atoms with Gasteiger partial charge in [-0.25, -0.2) is 14.0 Å². The molecule has 0 spiro atoms.